The molecule has 1 aliphatic rings. The molecule has 1 atom stereocenters. The Morgan fingerprint density at radius 1 is 1.50 bits per heavy atom. The molecule has 0 radical (unpaired) electrons. The van der Waals surface area contributed by atoms with Crippen LogP contribution in [0, 0.1) is 0 Å². The highest BCUT2D eigenvalue weighted by atomic mass is 15.2. The molecule has 2 heterocycles. The molecule has 2 rings (SSSR count). The average Bonchev–Trinajstić information content (AvgIpc) is 2.34. The third-order valence-corrected chi connectivity index (χ3v) is 1.46. The Labute approximate surface area is 58.0 Å². The first-order chi connectivity index (χ1) is 4.88. The smallest absolute Gasteiger partial charge is 0.117 e. The van der Waals surface area contributed by atoms with Gasteiger partial charge in [0.25, 0.3) is 0 Å². The normalized spacial score (nSPS) is 21.1. The molecule has 0 aliphatic carbocycles. The molecule has 0 bridgehead atoms. The summed E-state index contributed by atoms with van der Waals surface area (Å²) in [6.07, 6.45) is 1.62. The van der Waals surface area contributed by atoms with E-state index in [4.69, 9.17) is 0 Å². The van der Waals surface area contributed by atoms with Crippen LogP contribution in [0.15, 0.2) is 22.5 Å². The van der Waals surface area contributed by atoms with Gasteiger partial charge in [-0.3, -0.25) is 0 Å². The monoisotopic (exact) mass is 134 g/mol. The highest BCUT2D eigenvalue weighted by molar-refractivity contribution is 5.43. The minimum absolute atomic E-state index is 0.0868. The fraction of sp³-hybridized carbons (Fsp3) is 0.333. The summed E-state index contributed by atoms with van der Waals surface area (Å²) >= 11 is 0. The quantitative estimate of drug-likeness (QED) is 0.541. The number of fused-ring (bicyclic) bond motifs is 1. The molecule has 1 unspecified atom stereocenters. The maximum atomic E-state index is 3.93. The lowest BCUT2D eigenvalue weighted by Crippen LogP contribution is -1.90. The van der Waals surface area contributed by atoms with Gasteiger partial charge in [0, 0.05) is 0 Å². The number of hydrogen-bond acceptors (Lipinski definition) is 4. The van der Waals surface area contributed by atoms with Gasteiger partial charge in [-0.15, -0.1) is 0 Å². The van der Waals surface area contributed by atoms with Crippen LogP contribution in [0.2, 0.25) is 0 Å². The van der Waals surface area contributed by atoms with Crippen LogP contribution in [-0.2, 0) is 0 Å². The maximum absolute atomic E-state index is 3.93. The highest BCUT2D eigenvalue weighted by Gasteiger charge is 2.16. The summed E-state index contributed by atoms with van der Waals surface area (Å²) in [6.45, 7) is 1.95. The van der Waals surface area contributed by atoms with Gasteiger partial charge in [-0.05, 0) is 13.0 Å². The summed E-state index contributed by atoms with van der Waals surface area (Å²) in [4.78, 5) is 0. The standard InChI is InChI=1S/C6H6N4/c1-4-6-5(9-8-4)2-3-7-10-6/h2-4H,1H3. The highest BCUT2D eigenvalue weighted by Crippen LogP contribution is 2.31. The summed E-state index contributed by atoms with van der Waals surface area (Å²) < 4.78 is 0. The summed E-state index contributed by atoms with van der Waals surface area (Å²) in [5, 5.41) is 15.5. The number of hydrogen-bond donors (Lipinski definition) is 0. The van der Waals surface area contributed by atoms with Gasteiger partial charge in [-0.2, -0.15) is 20.4 Å². The van der Waals surface area contributed by atoms with Gasteiger partial charge < -0.3 is 0 Å². The number of nitrogens with zero attached hydrogens (tertiary/aromatic N) is 4. The van der Waals surface area contributed by atoms with Gasteiger partial charge in [0.1, 0.15) is 17.4 Å². The molecule has 1 aromatic heterocycles. The zero-order valence-corrected chi connectivity index (χ0v) is 5.52. The third kappa shape index (κ3) is 0.618. The molecular weight excluding hydrogens is 128 g/mol. The van der Waals surface area contributed by atoms with Crippen molar-refractivity contribution in [2.24, 2.45) is 10.2 Å². The van der Waals surface area contributed by atoms with Crippen LogP contribution >= 0.6 is 0 Å². The molecule has 0 spiro atoms. The molecule has 4 heteroatoms. The molecule has 50 valence electrons. The third-order valence-electron chi connectivity index (χ3n) is 1.46. The first-order valence-corrected chi connectivity index (χ1v) is 3.10. The predicted molar refractivity (Wildman–Crippen MR) is 35.0 cm³/mol. The second kappa shape index (κ2) is 1.83. The first kappa shape index (κ1) is 5.46. The van der Waals surface area contributed by atoms with Gasteiger partial charge in [0.05, 0.1) is 6.20 Å². The van der Waals surface area contributed by atoms with E-state index in [0.29, 0.717) is 0 Å². The Bertz CT molecular complexity index is 281. The van der Waals surface area contributed by atoms with Crippen LogP contribution in [0.4, 0.5) is 5.69 Å². The van der Waals surface area contributed by atoms with E-state index in [2.05, 4.69) is 20.4 Å². The van der Waals surface area contributed by atoms with E-state index >= 15 is 0 Å². The fourth-order valence-electron chi connectivity index (χ4n) is 0.922. The van der Waals surface area contributed by atoms with Crippen molar-refractivity contribution in [2.45, 2.75) is 13.0 Å². The Morgan fingerprint density at radius 2 is 2.40 bits per heavy atom. The molecule has 0 saturated carbocycles. The van der Waals surface area contributed by atoms with E-state index in [1.54, 1.807) is 6.20 Å². The van der Waals surface area contributed by atoms with Gasteiger partial charge in [-0.25, -0.2) is 0 Å². The first-order valence-electron chi connectivity index (χ1n) is 3.10. The zero-order chi connectivity index (χ0) is 6.97. The van der Waals surface area contributed by atoms with Crippen molar-refractivity contribution in [1.29, 1.82) is 0 Å². The lowest BCUT2D eigenvalue weighted by molar-refractivity contribution is 0.762. The van der Waals surface area contributed by atoms with Crippen LogP contribution in [0.25, 0.3) is 0 Å². The van der Waals surface area contributed by atoms with E-state index < -0.39 is 0 Å². The maximum Gasteiger partial charge on any atom is 0.117 e. The second-order valence-corrected chi connectivity index (χ2v) is 2.19. The van der Waals surface area contributed by atoms with Crippen LogP contribution in [0.5, 0.6) is 0 Å². The largest absolute Gasteiger partial charge is 0.179 e. The number of azo groups is 1. The van der Waals surface area contributed by atoms with E-state index in [1.807, 2.05) is 13.0 Å². The fourth-order valence-corrected chi connectivity index (χ4v) is 0.922. The van der Waals surface area contributed by atoms with E-state index in [9.17, 15) is 0 Å². The Kier molecular flexibility index (Phi) is 1.00. The number of rotatable bonds is 0. The van der Waals surface area contributed by atoms with Crippen LogP contribution in [-0.4, -0.2) is 10.2 Å². The van der Waals surface area contributed by atoms with E-state index in [-0.39, 0.29) is 6.04 Å². The van der Waals surface area contributed by atoms with Crippen molar-refractivity contribution < 1.29 is 0 Å². The topological polar surface area (TPSA) is 50.5 Å². The van der Waals surface area contributed by atoms with Crippen molar-refractivity contribution >= 4 is 5.69 Å². The summed E-state index contributed by atoms with van der Waals surface area (Å²) in [6, 6.07) is 1.90. The van der Waals surface area contributed by atoms with Gasteiger partial charge >= 0.3 is 0 Å². The summed E-state index contributed by atoms with van der Waals surface area (Å²) in [5.41, 5.74) is 1.73. The molecular formula is C6H6N4. The molecule has 0 amide bonds. The number of aromatic nitrogens is 2. The Hall–Kier alpha value is -1.32. The van der Waals surface area contributed by atoms with Crippen LogP contribution in [0.3, 0.4) is 0 Å². The molecule has 0 saturated heterocycles. The zero-order valence-electron chi connectivity index (χ0n) is 5.52. The SMILES string of the molecule is CC1N=Nc2ccnnc21. The van der Waals surface area contributed by atoms with Crippen molar-refractivity contribution in [3.63, 3.8) is 0 Å². The van der Waals surface area contributed by atoms with Crippen molar-refractivity contribution in [3.8, 4) is 0 Å². The minimum Gasteiger partial charge on any atom is -0.179 e. The molecule has 1 aliphatic heterocycles. The van der Waals surface area contributed by atoms with Crippen LogP contribution in [0.1, 0.15) is 18.7 Å². The summed E-state index contributed by atoms with van der Waals surface area (Å²) in [5.74, 6) is 0. The molecule has 4 nitrogen and oxygen atoms in total. The van der Waals surface area contributed by atoms with Gasteiger partial charge in [0.2, 0.25) is 0 Å². The Morgan fingerprint density at radius 3 is 3.20 bits per heavy atom. The Balaban J connectivity index is 2.59. The van der Waals surface area contributed by atoms with Crippen LogP contribution < -0.4 is 0 Å². The molecule has 0 fully saturated rings. The lowest BCUT2D eigenvalue weighted by Gasteiger charge is -1.94. The minimum atomic E-state index is 0.0868. The predicted octanol–water partition coefficient (Wildman–Crippen LogP) is 1.63. The summed E-state index contributed by atoms with van der Waals surface area (Å²) in [7, 11) is 0. The second-order valence-electron chi connectivity index (χ2n) is 2.19. The van der Waals surface area contributed by atoms with Crippen molar-refractivity contribution in [3.05, 3.63) is 18.0 Å². The lowest BCUT2D eigenvalue weighted by atomic mass is 10.2. The van der Waals surface area contributed by atoms with Crippen molar-refractivity contribution in [1.82, 2.24) is 10.2 Å². The average molecular weight is 134 g/mol. The molecule has 10 heavy (non-hydrogen) atoms. The molecule has 0 N–H and O–H groups in total. The van der Waals surface area contributed by atoms with Gasteiger partial charge in [-0.1, -0.05) is 0 Å². The van der Waals surface area contributed by atoms with Gasteiger partial charge in [0.15, 0.2) is 0 Å². The van der Waals surface area contributed by atoms with Crippen molar-refractivity contribution in [2.75, 3.05) is 0 Å². The molecule has 1 aromatic rings. The van der Waals surface area contributed by atoms with E-state index in [0.717, 1.165) is 11.4 Å². The van der Waals surface area contributed by atoms with E-state index in [1.165, 1.54) is 0 Å². The molecule has 0 aromatic carbocycles.